The summed E-state index contributed by atoms with van der Waals surface area (Å²) in [7, 11) is 1.83. The number of rotatable bonds is 4. The third-order valence-electron chi connectivity index (χ3n) is 5.60. The van der Waals surface area contributed by atoms with E-state index in [4.69, 9.17) is 0 Å². The van der Waals surface area contributed by atoms with E-state index in [-0.39, 0.29) is 11.8 Å². The molecule has 158 valence electrons. The first kappa shape index (κ1) is 18.6. The van der Waals surface area contributed by atoms with Gasteiger partial charge in [0.05, 0.1) is 0 Å². The van der Waals surface area contributed by atoms with Crippen molar-refractivity contribution in [2.24, 2.45) is 13.0 Å². The number of aryl methyl sites for hydroxylation is 2. The number of anilines is 1. The Morgan fingerprint density at radius 3 is 2.72 bits per heavy atom. The lowest BCUT2D eigenvalue weighted by Crippen LogP contribution is -2.14. The summed E-state index contributed by atoms with van der Waals surface area (Å²) in [6, 6.07) is 5.67. The lowest BCUT2D eigenvalue weighted by Gasteiger charge is -2.09. The quantitative estimate of drug-likeness (QED) is 0.471. The minimum absolute atomic E-state index is 0.0192. The van der Waals surface area contributed by atoms with Gasteiger partial charge in [-0.2, -0.15) is 5.10 Å². The molecule has 0 spiro atoms. The number of fused-ring (bicyclic) bond motifs is 2. The third-order valence-corrected chi connectivity index (χ3v) is 5.60. The van der Waals surface area contributed by atoms with E-state index in [1.165, 1.54) is 0 Å². The van der Waals surface area contributed by atoms with Crippen molar-refractivity contribution < 1.29 is 4.79 Å². The van der Waals surface area contributed by atoms with Gasteiger partial charge in [0.1, 0.15) is 12.1 Å². The monoisotopic (exact) mass is 425 g/mol. The molecule has 1 aliphatic rings. The second-order valence-corrected chi connectivity index (χ2v) is 8.03. The topological polar surface area (TPSA) is 116 Å². The van der Waals surface area contributed by atoms with Gasteiger partial charge in [0.2, 0.25) is 5.91 Å². The van der Waals surface area contributed by atoms with Crippen molar-refractivity contribution in [1.29, 1.82) is 0 Å². The van der Waals surface area contributed by atoms with Gasteiger partial charge in [0, 0.05) is 59.1 Å². The Hall–Kier alpha value is -4.21. The SMILES string of the molecule is Cc1ncc(-c2nc3ccc(-c4ncn(C)n4)cn3n2)c2cc(NC(=O)C3CC3)ncc12. The third kappa shape index (κ3) is 3.16. The average molecular weight is 425 g/mol. The molecule has 1 N–H and O–H groups in total. The summed E-state index contributed by atoms with van der Waals surface area (Å²) in [6.07, 6.45) is 8.89. The van der Waals surface area contributed by atoms with E-state index < -0.39 is 0 Å². The molecule has 5 aromatic rings. The van der Waals surface area contributed by atoms with Gasteiger partial charge in [0.25, 0.3) is 0 Å². The number of nitrogens with one attached hydrogen (secondary N) is 1. The first-order valence-corrected chi connectivity index (χ1v) is 10.3. The predicted octanol–water partition coefficient (Wildman–Crippen LogP) is 2.79. The highest BCUT2D eigenvalue weighted by molar-refractivity contribution is 6.00. The number of hydrogen-bond acceptors (Lipinski definition) is 7. The van der Waals surface area contributed by atoms with Crippen LogP contribution in [0.2, 0.25) is 0 Å². The van der Waals surface area contributed by atoms with Crippen molar-refractivity contribution in [1.82, 2.24) is 39.3 Å². The first-order valence-electron chi connectivity index (χ1n) is 10.3. The summed E-state index contributed by atoms with van der Waals surface area (Å²) < 4.78 is 3.37. The number of aromatic nitrogens is 8. The Bertz CT molecular complexity index is 1510. The zero-order valence-corrected chi connectivity index (χ0v) is 17.5. The molecule has 10 heteroatoms. The van der Waals surface area contributed by atoms with Crippen LogP contribution in [-0.2, 0) is 11.8 Å². The van der Waals surface area contributed by atoms with Crippen molar-refractivity contribution in [3.63, 3.8) is 0 Å². The number of nitrogens with zero attached hydrogens (tertiary/aromatic N) is 8. The fourth-order valence-electron chi connectivity index (χ4n) is 3.69. The fourth-order valence-corrected chi connectivity index (χ4v) is 3.69. The van der Waals surface area contributed by atoms with Gasteiger partial charge in [-0.3, -0.25) is 14.5 Å². The van der Waals surface area contributed by atoms with Crippen LogP contribution in [0.5, 0.6) is 0 Å². The summed E-state index contributed by atoms with van der Waals surface area (Å²) in [6.45, 7) is 1.93. The zero-order valence-electron chi connectivity index (χ0n) is 17.5. The summed E-state index contributed by atoms with van der Waals surface area (Å²) >= 11 is 0. The van der Waals surface area contributed by atoms with Gasteiger partial charge in [-0.25, -0.2) is 19.5 Å². The molecule has 0 bridgehead atoms. The minimum atomic E-state index is 0.0192. The zero-order chi connectivity index (χ0) is 21.8. The van der Waals surface area contributed by atoms with E-state index in [2.05, 4.69) is 35.5 Å². The van der Waals surface area contributed by atoms with Crippen molar-refractivity contribution >= 4 is 28.1 Å². The van der Waals surface area contributed by atoms with Gasteiger partial charge < -0.3 is 5.32 Å². The molecule has 1 fully saturated rings. The first-order chi connectivity index (χ1) is 15.5. The van der Waals surface area contributed by atoms with E-state index >= 15 is 0 Å². The number of carbonyl (C=O) groups is 1. The summed E-state index contributed by atoms with van der Waals surface area (Å²) in [5, 5.41) is 13.7. The van der Waals surface area contributed by atoms with Crippen molar-refractivity contribution in [2.75, 3.05) is 5.32 Å². The van der Waals surface area contributed by atoms with Crippen LogP contribution in [0.1, 0.15) is 18.5 Å². The number of hydrogen-bond donors (Lipinski definition) is 1. The van der Waals surface area contributed by atoms with Crippen molar-refractivity contribution in [2.45, 2.75) is 19.8 Å². The maximum absolute atomic E-state index is 12.2. The Morgan fingerprint density at radius 2 is 1.94 bits per heavy atom. The predicted molar refractivity (Wildman–Crippen MR) is 118 cm³/mol. The number of pyridine rings is 3. The van der Waals surface area contributed by atoms with Crippen LogP contribution in [0.4, 0.5) is 5.82 Å². The van der Waals surface area contributed by atoms with Crippen LogP contribution in [0.15, 0.2) is 43.1 Å². The Labute approximate surface area is 182 Å². The summed E-state index contributed by atoms with van der Waals surface area (Å²) in [4.78, 5) is 30.1. The van der Waals surface area contributed by atoms with Crippen LogP contribution in [0.3, 0.4) is 0 Å². The summed E-state index contributed by atoms with van der Waals surface area (Å²) in [5.74, 6) is 1.81. The molecule has 0 radical (unpaired) electrons. The average Bonchev–Trinajstić information content (AvgIpc) is 3.42. The summed E-state index contributed by atoms with van der Waals surface area (Å²) in [5.41, 5.74) is 3.17. The second-order valence-electron chi connectivity index (χ2n) is 8.03. The molecule has 1 aliphatic carbocycles. The van der Waals surface area contributed by atoms with Crippen molar-refractivity contribution in [3.8, 4) is 22.8 Å². The maximum Gasteiger partial charge on any atom is 0.228 e. The lowest BCUT2D eigenvalue weighted by molar-refractivity contribution is -0.117. The van der Waals surface area contributed by atoms with Crippen LogP contribution in [0, 0.1) is 12.8 Å². The van der Waals surface area contributed by atoms with E-state index in [1.807, 2.05) is 38.4 Å². The molecule has 5 heterocycles. The van der Waals surface area contributed by atoms with Crippen LogP contribution >= 0.6 is 0 Å². The lowest BCUT2D eigenvalue weighted by atomic mass is 10.1. The largest absolute Gasteiger partial charge is 0.310 e. The Morgan fingerprint density at radius 1 is 1.06 bits per heavy atom. The second kappa shape index (κ2) is 6.91. The molecule has 0 unspecified atom stereocenters. The van der Waals surface area contributed by atoms with Crippen LogP contribution < -0.4 is 5.32 Å². The highest BCUT2D eigenvalue weighted by atomic mass is 16.2. The molecule has 1 saturated carbocycles. The van der Waals surface area contributed by atoms with Gasteiger partial charge in [-0.15, -0.1) is 5.10 Å². The molecule has 0 atom stereocenters. The normalized spacial score (nSPS) is 13.7. The van der Waals surface area contributed by atoms with Gasteiger partial charge in [-0.05, 0) is 38.0 Å². The van der Waals surface area contributed by atoms with E-state index in [0.29, 0.717) is 23.1 Å². The fraction of sp³-hybridized carbons (Fsp3) is 0.227. The Kier molecular flexibility index (Phi) is 4.00. The highest BCUT2D eigenvalue weighted by Gasteiger charge is 2.30. The minimum Gasteiger partial charge on any atom is -0.310 e. The van der Waals surface area contributed by atoms with Gasteiger partial charge in [-0.1, -0.05) is 0 Å². The van der Waals surface area contributed by atoms with Crippen molar-refractivity contribution in [3.05, 3.63) is 48.8 Å². The van der Waals surface area contributed by atoms with Gasteiger partial charge >= 0.3 is 0 Å². The van der Waals surface area contributed by atoms with Crippen LogP contribution in [0.25, 0.3) is 39.2 Å². The molecular weight excluding hydrogens is 406 g/mol. The van der Waals surface area contributed by atoms with E-state index in [9.17, 15) is 4.79 Å². The number of carbonyl (C=O) groups excluding carboxylic acids is 1. The smallest absolute Gasteiger partial charge is 0.228 e. The molecule has 0 saturated heterocycles. The molecule has 0 aromatic carbocycles. The standard InChI is InChI=1S/C22H19N9O/c1-12-16-8-24-18(26-22(32)13-3-4-13)7-15(16)17(9-23-12)21-27-19-6-5-14(10-31(19)29-21)20-25-11-30(2)28-20/h5-11,13H,3-4H2,1-2H3,(H,24,26,32). The van der Waals surface area contributed by atoms with E-state index in [1.54, 1.807) is 27.9 Å². The maximum atomic E-state index is 12.2. The van der Waals surface area contributed by atoms with E-state index in [0.717, 1.165) is 40.4 Å². The molecule has 6 rings (SSSR count). The van der Waals surface area contributed by atoms with Crippen LogP contribution in [-0.4, -0.2) is 45.2 Å². The Balaban J connectivity index is 1.44. The molecule has 0 aliphatic heterocycles. The van der Waals surface area contributed by atoms with Gasteiger partial charge in [0.15, 0.2) is 17.3 Å². The molecule has 32 heavy (non-hydrogen) atoms. The molecule has 5 aromatic heterocycles. The molecule has 1 amide bonds. The highest BCUT2D eigenvalue weighted by Crippen LogP contribution is 2.32. The molecule has 10 nitrogen and oxygen atoms in total. The number of amides is 1. The molecular formula is C22H19N9O.